The average molecular weight is 461 g/mol. The summed E-state index contributed by atoms with van der Waals surface area (Å²) in [5.41, 5.74) is 0.814. The Labute approximate surface area is 192 Å². The third-order valence-electron chi connectivity index (χ3n) is 4.91. The van der Waals surface area contributed by atoms with Gasteiger partial charge in [-0.2, -0.15) is 0 Å². The fraction of sp³-hybridized carbons (Fsp3) is 0.455. The third kappa shape index (κ3) is 5.16. The van der Waals surface area contributed by atoms with Gasteiger partial charge in [0.05, 0.1) is 10.5 Å². The number of aromatic nitrogens is 2. The maximum Gasteiger partial charge on any atom is 0.267 e. The molecule has 7 nitrogen and oxygen atoms in total. The summed E-state index contributed by atoms with van der Waals surface area (Å²) >= 11 is 6.64. The molecule has 2 aromatic heterocycles. The van der Waals surface area contributed by atoms with E-state index in [1.165, 1.54) is 16.2 Å². The molecule has 0 spiro atoms. The Bertz CT molecular complexity index is 1040. The molecule has 0 unspecified atom stereocenters. The molecule has 3 heterocycles. The summed E-state index contributed by atoms with van der Waals surface area (Å²) in [5.74, 6) is 0.441. The van der Waals surface area contributed by atoms with E-state index in [0.717, 1.165) is 25.9 Å². The number of carbonyl (C=O) groups excluding carboxylic acids is 1. The Morgan fingerprint density at radius 2 is 1.97 bits per heavy atom. The number of hydrogen-bond donors (Lipinski definition) is 0. The largest absolute Gasteiger partial charge is 0.385 e. The highest BCUT2D eigenvalue weighted by Gasteiger charge is 2.32. The fourth-order valence-corrected chi connectivity index (χ4v) is 4.80. The number of methoxy groups -OCH3 is 1. The van der Waals surface area contributed by atoms with Crippen LogP contribution in [0.15, 0.2) is 34.1 Å². The molecule has 1 fully saturated rings. The lowest BCUT2D eigenvalue weighted by Crippen LogP contribution is -2.31. The van der Waals surface area contributed by atoms with Gasteiger partial charge in [0.15, 0.2) is 0 Å². The Morgan fingerprint density at radius 3 is 2.65 bits per heavy atom. The van der Waals surface area contributed by atoms with Gasteiger partial charge >= 0.3 is 0 Å². The summed E-state index contributed by atoms with van der Waals surface area (Å²) in [7, 11) is 1.63. The van der Waals surface area contributed by atoms with Crippen LogP contribution in [0, 0.1) is 0 Å². The van der Waals surface area contributed by atoms with Crippen molar-refractivity contribution in [2.45, 2.75) is 33.1 Å². The molecule has 0 aliphatic carbocycles. The van der Waals surface area contributed by atoms with Gasteiger partial charge in [-0.25, -0.2) is 4.98 Å². The smallest absolute Gasteiger partial charge is 0.267 e. The van der Waals surface area contributed by atoms with Crippen molar-refractivity contribution < 1.29 is 9.53 Å². The van der Waals surface area contributed by atoms with Crippen molar-refractivity contribution in [3.63, 3.8) is 0 Å². The minimum atomic E-state index is -0.192. The predicted octanol–water partition coefficient (Wildman–Crippen LogP) is 3.56. The normalized spacial score (nSPS) is 15.5. The van der Waals surface area contributed by atoms with Gasteiger partial charge < -0.3 is 9.64 Å². The van der Waals surface area contributed by atoms with E-state index in [1.807, 2.05) is 12.1 Å². The van der Waals surface area contributed by atoms with Crippen LogP contribution in [-0.2, 0) is 9.53 Å². The molecule has 1 saturated heterocycles. The van der Waals surface area contributed by atoms with Crippen molar-refractivity contribution in [1.82, 2.24) is 14.3 Å². The summed E-state index contributed by atoms with van der Waals surface area (Å²) < 4.78 is 7.10. The van der Waals surface area contributed by atoms with Crippen LogP contribution in [0.2, 0.25) is 0 Å². The van der Waals surface area contributed by atoms with Gasteiger partial charge in [-0.15, -0.1) is 0 Å². The van der Waals surface area contributed by atoms with Gasteiger partial charge in [0.1, 0.15) is 15.8 Å². The maximum absolute atomic E-state index is 13.4. The molecule has 1 amide bonds. The monoisotopic (exact) mass is 460 g/mol. The predicted molar refractivity (Wildman–Crippen MR) is 131 cm³/mol. The first-order valence-electron chi connectivity index (χ1n) is 10.5. The van der Waals surface area contributed by atoms with Gasteiger partial charge in [-0.05, 0) is 37.5 Å². The number of rotatable bonds is 10. The van der Waals surface area contributed by atoms with Crippen LogP contribution in [0.4, 0.5) is 5.82 Å². The first-order chi connectivity index (χ1) is 15.0. The molecule has 0 aromatic carbocycles. The van der Waals surface area contributed by atoms with E-state index in [1.54, 1.807) is 30.3 Å². The second-order valence-electron chi connectivity index (χ2n) is 7.25. The molecule has 0 radical (unpaired) electrons. The lowest BCUT2D eigenvalue weighted by atomic mass is 10.2. The van der Waals surface area contributed by atoms with Gasteiger partial charge in [0.2, 0.25) is 0 Å². The Balaban J connectivity index is 2.09. The summed E-state index contributed by atoms with van der Waals surface area (Å²) in [6.07, 6.45) is 5.92. The Morgan fingerprint density at radius 1 is 1.23 bits per heavy atom. The zero-order chi connectivity index (χ0) is 22.4. The van der Waals surface area contributed by atoms with Crippen LogP contribution in [0.5, 0.6) is 0 Å². The molecule has 9 heteroatoms. The van der Waals surface area contributed by atoms with Gasteiger partial charge in [0.25, 0.3) is 11.5 Å². The SMILES string of the molecule is CCCN(CCC)c1nc2ccccn2c(=O)c1C=C1SC(=S)N(CCCOC)C1=O. The molecule has 3 rings (SSSR count). The van der Waals surface area contributed by atoms with Crippen molar-refractivity contribution >= 4 is 51.7 Å². The third-order valence-corrected chi connectivity index (χ3v) is 6.29. The number of nitrogens with zero attached hydrogens (tertiary/aromatic N) is 4. The van der Waals surface area contributed by atoms with Crippen molar-refractivity contribution in [1.29, 1.82) is 0 Å². The van der Waals surface area contributed by atoms with Crippen molar-refractivity contribution in [3.05, 3.63) is 45.2 Å². The Kier molecular flexibility index (Phi) is 8.22. The number of fused-ring (bicyclic) bond motifs is 1. The molecule has 0 N–H and O–H groups in total. The number of anilines is 1. The molecule has 1 aliphatic heterocycles. The molecular formula is C22H28N4O3S2. The lowest BCUT2D eigenvalue weighted by Gasteiger charge is -2.24. The highest BCUT2D eigenvalue weighted by molar-refractivity contribution is 8.26. The molecule has 31 heavy (non-hydrogen) atoms. The second-order valence-corrected chi connectivity index (χ2v) is 8.93. The quantitative estimate of drug-likeness (QED) is 0.305. The van der Waals surface area contributed by atoms with E-state index in [-0.39, 0.29) is 11.5 Å². The molecule has 2 aromatic rings. The van der Waals surface area contributed by atoms with E-state index in [0.29, 0.717) is 45.8 Å². The first-order valence-corrected chi connectivity index (χ1v) is 11.7. The topological polar surface area (TPSA) is 67.2 Å². The van der Waals surface area contributed by atoms with Crippen LogP contribution in [-0.4, -0.2) is 57.9 Å². The van der Waals surface area contributed by atoms with Crippen LogP contribution in [0.1, 0.15) is 38.7 Å². The minimum absolute atomic E-state index is 0.174. The van der Waals surface area contributed by atoms with E-state index < -0.39 is 0 Å². The van der Waals surface area contributed by atoms with Crippen LogP contribution >= 0.6 is 24.0 Å². The molecule has 166 valence electrons. The van der Waals surface area contributed by atoms with E-state index in [2.05, 4.69) is 18.7 Å². The van der Waals surface area contributed by atoms with Gasteiger partial charge in [0, 0.05) is 39.5 Å². The molecule has 0 saturated carbocycles. The number of ether oxygens (including phenoxy) is 1. The average Bonchev–Trinajstić information content (AvgIpc) is 3.03. The molecule has 1 aliphatic rings. The number of carbonyl (C=O) groups is 1. The number of thiocarbonyl (C=S) groups is 1. The zero-order valence-electron chi connectivity index (χ0n) is 18.2. The summed E-state index contributed by atoms with van der Waals surface area (Å²) in [6, 6.07) is 5.48. The molecule has 0 bridgehead atoms. The van der Waals surface area contributed by atoms with Crippen LogP contribution < -0.4 is 10.5 Å². The highest BCUT2D eigenvalue weighted by atomic mass is 32.2. The number of pyridine rings is 1. The maximum atomic E-state index is 13.4. The molecule has 0 atom stereocenters. The van der Waals surface area contributed by atoms with Gasteiger partial charge in [-0.1, -0.05) is 43.9 Å². The standard InChI is InChI=1S/C22H28N4O3S2/c1-4-10-24(11-5-2)19-16(20(27)25-12-7-6-9-18(25)23-19)15-17-21(28)26(22(30)31-17)13-8-14-29-3/h6-7,9,12,15H,4-5,8,10-11,13-14H2,1-3H3. The summed E-state index contributed by atoms with van der Waals surface area (Å²) in [4.78, 5) is 35.3. The number of thioether (sulfide) groups is 1. The lowest BCUT2D eigenvalue weighted by molar-refractivity contribution is -0.122. The number of amides is 1. The fourth-order valence-electron chi connectivity index (χ4n) is 3.51. The van der Waals surface area contributed by atoms with Gasteiger partial charge in [-0.3, -0.25) is 18.9 Å². The zero-order valence-corrected chi connectivity index (χ0v) is 19.8. The first kappa shape index (κ1) is 23.4. The second kappa shape index (κ2) is 10.9. The molecular weight excluding hydrogens is 432 g/mol. The van der Waals surface area contributed by atoms with E-state index in [4.69, 9.17) is 21.9 Å². The number of hydrogen-bond acceptors (Lipinski definition) is 7. The minimum Gasteiger partial charge on any atom is -0.385 e. The van der Waals surface area contributed by atoms with Crippen molar-refractivity contribution in [2.75, 3.05) is 38.3 Å². The summed E-state index contributed by atoms with van der Waals surface area (Å²) in [5, 5.41) is 0. The van der Waals surface area contributed by atoms with Crippen LogP contribution in [0.25, 0.3) is 11.7 Å². The van der Waals surface area contributed by atoms with Crippen LogP contribution in [0.3, 0.4) is 0 Å². The van der Waals surface area contributed by atoms with E-state index >= 15 is 0 Å². The van der Waals surface area contributed by atoms with Crippen molar-refractivity contribution in [3.8, 4) is 0 Å². The van der Waals surface area contributed by atoms with Crippen molar-refractivity contribution in [2.24, 2.45) is 0 Å². The highest BCUT2D eigenvalue weighted by Crippen LogP contribution is 2.33. The van der Waals surface area contributed by atoms with E-state index in [9.17, 15) is 9.59 Å². The summed E-state index contributed by atoms with van der Waals surface area (Å²) in [6.45, 7) is 6.81. The Hall–Kier alpha value is -2.23.